The van der Waals surface area contributed by atoms with Crippen LogP contribution in [0.25, 0.3) is 0 Å². The molecule has 0 aromatic heterocycles. The largest absolute Gasteiger partial charge is 0.302 e. The molecule has 0 aromatic carbocycles. The van der Waals surface area contributed by atoms with Crippen LogP contribution in [0.15, 0.2) is 0 Å². The second kappa shape index (κ2) is 7.65. The van der Waals surface area contributed by atoms with Crippen LogP contribution in [-0.2, 0) is 12.8 Å². The van der Waals surface area contributed by atoms with Crippen molar-refractivity contribution in [3.63, 3.8) is 0 Å². The highest BCUT2D eigenvalue weighted by Crippen LogP contribution is 2.05. The van der Waals surface area contributed by atoms with Gasteiger partial charge in [-0.1, -0.05) is 19.8 Å². The van der Waals surface area contributed by atoms with E-state index in [1.165, 1.54) is 19.3 Å². The molecular weight excluding hydrogens is 180 g/mol. The standard InChI is InChI=1S/C10H24N2S/c1-5-6-7-10(2)11(3)8-9-12(4)13/h10,13H,5-9H2,1-4H3/p+1. The number of nitrogens with zero attached hydrogens (tertiary/aromatic N) is 2. The van der Waals surface area contributed by atoms with Gasteiger partial charge < -0.3 is 4.90 Å². The van der Waals surface area contributed by atoms with E-state index in [1.807, 2.05) is 11.4 Å². The number of hydrogen-bond acceptors (Lipinski definition) is 2. The monoisotopic (exact) mass is 205 g/mol. The zero-order valence-electron chi connectivity index (χ0n) is 9.51. The van der Waals surface area contributed by atoms with Crippen molar-refractivity contribution in [1.82, 2.24) is 9.21 Å². The first kappa shape index (κ1) is 13.3. The van der Waals surface area contributed by atoms with Crippen molar-refractivity contribution in [2.75, 3.05) is 27.2 Å². The highest BCUT2D eigenvalue weighted by molar-refractivity contribution is 7.55. The molecule has 2 nitrogen and oxygen atoms in total. The maximum atomic E-state index is 3.46. The lowest BCUT2D eigenvalue weighted by molar-refractivity contribution is 0.233. The number of rotatable bonds is 7. The van der Waals surface area contributed by atoms with E-state index >= 15 is 0 Å². The predicted octanol–water partition coefficient (Wildman–Crippen LogP) is 1.36. The molecule has 0 bridgehead atoms. The normalized spacial score (nSPS) is 14.1. The zero-order chi connectivity index (χ0) is 10.3. The third kappa shape index (κ3) is 7.35. The molecule has 0 heterocycles. The van der Waals surface area contributed by atoms with Gasteiger partial charge in [0, 0.05) is 32.4 Å². The maximum Gasteiger partial charge on any atom is 0.0565 e. The average Bonchev–Trinajstić information content (AvgIpc) is 2.10. The van der Waals surface area contributed by atoms with E-state index in [1.54, 1.807) is 0 Å². The lowest BCUT2D eigenvalue weighted by Crippen LogP contribution is -2.34. The maximum absolute atomic E-state index is 3.46. The van der Waals surface area contributed by atoms with Gasteiger partial charge in [0.1, 0.15) is 0 Å². The average molecular weight is 205 g/mol. The molecule has 0 radical (unpaired) electrons. The molecule has 0 saturated carbocycles. The summed E-state index contributed by atoms with van der Waals surface area (Å²) < 4.78 is 2.04. The summed E-state index contributed by atoms with van der Waals surface area (Å²) >= 11 is 3.46. The summed E-state index contributed by atoms with van der Waals surface area (Å²) in [4.78, 5) is 2.42. The fourth-order valence-electron chi connectivity index (χ4n) is 1.25. The summed E-state index contributed by atoms with van der Waals surface area (Å²) in [6.45, 7) is 6.76. The molecule has 0 amide bonds. The molecule has 1 unspecified atom stereocenters. The Labute approximate surface area is 88.8 Å². The third-order valence-electron chi connectivity index (χ3n) is 2.52. The number of likely N-dealkylation sites (N-methyl/N-ethyl adjacent to an activating group) is 2. The quantitative estimate of drug-likeness (QED) is 0.579. The number of hydrogen-bond donors (Lipinski definition) is 0. The molecule has 0 fully saturated rings. The molecule has 0 aliphatic rings. The minimum atomic E-state index is 0.714. The van der Waals surface area contributed by atoms with Crippen molar-refractivity contribution in [1.29, 1.82) is 0 Å². The first-order valence-electron chi connectivity index (χ1n) is 5.20. The van der Waals surface area contributed by atoms with Crippen molar-refractivity contribution < 1.29 is 0 Å². The molecule has 0 N–H and O–H groups in total. The summed E-state index contributed by atoms with van der Waals surface area (Å²) in [6, 6.07) is 0.714. The highest BCUT2D eigenvalue weighted by Gasteiger charge is 2.08. The second-order valence-electron chi connectivity index (χ2n) is 3.89. The van der Waals surface area contributed by atoms with Gasteiger partial charge in [0.25, 0.3) is 0 Å². The first-order chi connectivity index (χ1) is 6.07. The van der Waals surface area contributed by atoms with Gasteiger partial charge in [-0.05, 0) is 20.4 Å². The van der Waals surface area contributed by atoms with Crippen LogP contribution >= 0.6 is 0 Å². The molecule has 0 saturated heterocycles. The second-order valence-corrected chi connectivity index (χ2v) is 4.66. The van der Waals surface area contributed by atoms with Gasteiger partial charge in [0.05, 0.1) is 6.54 Å². The van der Waals surface area contributed by atoms with Crippen LogP contribution in [0, 0.1) is 0 Å². The lowest BCUT2D eigenvalue weighted by Gasteiger charge is -2.24. The molecule has 0 aromatic rings. The summed E-state index contributed by atoms with van der Waals surface area (Å²) in [5.74, 6) is 0. The van der Waals surface area contributed by atoms with E-state index in [0.717, 1.165) is 13.1 Å². The van der Waals surface area contributed by atoms with Gasteiger partial charge in [0.15, 0.2) is 0 Å². The van der Waals surface area contributed by atoms with E-state index in [-0.39, 0.29) is 0 Å². The van der Waals surface area contributed by atoms with E-state index in [9.17, 15) is 0 Å². The Morgan fingerprint density at radius 2 is 1.85 bits per heavy atom. The predicted molar refractivity (Wildman–Crippen MR) is 64.4 cm³/mol. The van der Waals surface area contributed by atoms with Crippen molar-refractivity contribution in [2.24, 2.45) is 0 Å². The van der Waals surface area contributed by atoms with Crippen LogP contribution in [0.4, 0.5) is 0 Å². The smallest absolute Gasteiger partial charge is 0.0565 e. The highest BCUT2D eigenvalue weighted by atomic mass is 32.1. The lowest BCUT2D eigenvalue weighted by atomic mass is 10.1. The van der Waals surface area contributed by atoms with Gasteiger partial charge >= 0.3 is 0 Å². The molecule has 80 valence electrons. The Hall–Kier alpha value is 0.270. The van der Waals surface area contributed by atoms with Crippen LogP contribution in [0.2, 0.25) is 0 Å². The first-order valence-corrected chi connectivity index (χ1v) is 5.65. The third-order valence-corrected chi connectivity index (χ3v) is 2.74. The molecule has 0 rings (SSSR count). The van der Waals surface area contributed by atoms with Crippen LogP contribution in [0.3, 0.4) is 0 Å². The van der Waals surface area contributed by atoms with Gasteiger partial charge in [-0.15, -0.1) is 4.31 Å². The van der Waals surface area contributed by atoms with Crippen molar-refractivity contribution in [2.45, 2.75) is 39.2 Å². The molecular formula is C10H25N2S+. The van der Waals surface area contributed by atoms with Gasteiger partial charge in [-0.3, -0.25) is 0 Å². The molecule has 3 heteroatoms. The molecule has 0 aliphatic carbocycles. The summed E-state index contributed by atoms with van der Waals surface area (Å²) in [5.41, 5.74) is 0. The Bertz CT molecular complexity index is 117. The Balaban J connectivity index is 3.50. The van der Waals surface area contributed by atoms with E-state index in [4.69, 9.17) is 0 Å². The van der Waals surface area contributed by atoms with Crippen LogP contribution in [0.1, 0.15) is 33.1 Å². The number of unbranched alkanes of at least 4 members (excludes halogenated alkanes) is 1. The Morgan fingerprint density at radius 1 is 1.23 bits per heavy atom. The summed E-state index contributed by atoms with van der Waals surface area (Å²) in [5, 5.41) is 0. The fraction of sp³-hybridized carbons (Fsp3) is 1.00. The van der Waals surface area contributed by atoms with Gasteiger partial charge in [-0.2, -0.15) is 0 Å². The molecule has 1 atom stereocenters. The van der Waals surface area contributed by atoms with Crippen molar-refractivity contribution in [3.8, 4) is 0 Å². The Morgan fingerprint density at radius 3 is 2.31 bits per heavy atom. The van der Waals surface area contributed by atoms with Gasteiger partial charge in [-0.25, -0.2) is 0 Å². The van der Waals surface area contributed by atoms with E-state index in [0.29, 0.717) is 6.04 Å². The van der Waals surface area contributed by atoms with Crippen LogP contribution in [-0.4, -0.2) is 42.4 Å². The van der Waals surface area contributed by atoms with Crippen molar-refractivity contribution in [3.05, 3.63) is 0 Å². The minimum absolute atomic E-state index is 0.714. The molecule has 0 aliphatic heterocycles. The minimum Gasteiger partial charge on any atom is -0.302 e. The fourth-order valence-corrected chi connectivity index (χ4v) is 1.35. The van der Waals surface area contributed by atoms with E-state index < -0.39 is 0 Å². The molecule has 0 spiro atoms. The molecule has 13 heavy (non-hydrogen) atoms. The SMILES string of the molecule is CCCCC(C)N(C)CCN(C)[SH2+]. The van der Waals surface area contributed by atoms with Gasteiger partial charge in [0.2, 0.25) is 0 Å². The summed E-state index contributed by atoms with van der Waals surface area (Å²) in [6.07, 6.45) is 3.96. The van der Waals surface area contributed by atoms with Crippen molar-refractivity contribution >= 4 is 12.8 Å². The van der Waals surface area contributed by atoms with Crippen LogP contribution in [0.5, 0.6) is 0 Å². The zero-order valence-corrected chi connectivity index (χ0v) is 10.5. The van der Waals surface area contributed by atoms with Crippen LogP contribution < -0.4 is 0 Å². The Kier molecular flexibility index (Phi) is 7.81. The summed E-state index contributed by atoms with van der Waals surface area (Å²) in [7, 11) is 4.25. The van der Waals surface area contributed by atoms with E-state index in [2.05, 4.69) is 38.6 Å². The topological polar surface area (TPSA) is 6.48 Å².